The second-order valence-electron chi connectivity index (χ2n) is 9.77. The van der Waals surface area contributed by atoms with Crippen LogP contribution in [0.3, 0.4) is 0 Å². The summed E-state index contributed by atoms with van der Waals surface area (Å²) in [4.78, 5) is 29.2. The number of anilines is 1. The van der Waals surface area contributed by atoms with Gasteiger partial charge in [0, 0.05) is 43.5 Å². The van der Waals surface area contributed by atoms with Crippen molar-refractivity contribution in [1.82, 2.24) is 14.4 Å². The Morgan fingerprint density at radius 1 is 1.17 bits per heavy atom. The Hall–Kier alpha value is -2.94. The lowest BCUT2D eigenvalue weighted by atomic mass is 9.82. The molecule has 2 N–H and O–H groups in total. The van der Waals surface area contributed by atoms with E-state index < -0.39 is 11.9 Å². The molecule has 5 rings (SSSR count). The number of carbonyl (C=O) groups is 1. The fourth-order valence-electron chi connectivity index (χ4n) is 5.88. The molecule has 0 saturated carbocycles. The number of hydrogen-bond donors (Lipinski definition) is 2. The van der Waals surface area contributed by atoms with Crippen LogP contribution < -0.4 is 11.1 Å². The maximum absolute atomic E-state index is 12.7. The molecule has 0 bridgehead atoms. The van der Waals surface area contributed by atoms with E-state index in [0.717, 1.165) is 45.3 Å². The summed E-state index contributed by atoms with van der Waals surface area (Å²) in [5.74, 6) is -0.538. The Bertz CT molecular complexity index is 1240. The van der Waals surface area contributed by atoms with Crippen molar-refractivity contribution < 1.29 is 14.3 Å². The number of aliphatic hydroxyl groups is 1. The first-order chi connectivity index (χ1) is 17.0. The maximum atomic E-state index is 12.7. The highest BCUT2D eigenvalue weighted by atomic mass is 16.4. The van der Waals surface area contributed by atoms with Gasteiger partial charge in [-0.1, -0.05) is 30.3 Å². The van der Waals surface area contributed by atoms with Crippen LogP contribution in [0.25, 0.3) is 11.1 Å². The van der Waals surface area contributed by atoms with Crippen LogP contribution in [0.15, 0.2) is 57.7 Å². The number of aromatic nitrogens is 1. The molecular formula is C27H34N4O4. The first-order valence-corrected chi connectivity index (χ1v) is 12.6. The van der Waals surface area contributed by atoms with Crippen LogP contribution in [0, 0.1) is 0 Å². The number of fused-ring (bicyclic) bond motifs is 1. The standard InChI is InChI=1S/C27H34N4O4/c1-2-31-22-10-9-21(17-23(22)35-26(31)34)28-25(33)19-29-16-13-27(24(32)18-29)12-6-14-30(27)15-11-20-7-4-3-5-8-20/h3-5,7-10,17,24,32H,2,6,11-16,18-19H2,1H3,(H,28,33)/t24-,27-/m0/s1. The number of nitrogens with zero attached hydrogens (tertiary/aromatic N) is 3. The zero-order chi connectivity index (χ0) is 24.4. The Kier molecular flexibility index (Phi) is 6.77. The van der Waals surface area contributed by atoms with E-state index in [2.05, 4.69) is 34.5 Å². The number of rotatable bonds is 7. The number of aliphatic hydroxyl groups excluding tert-OH is 1. The lowest BCUT2D eigenvalue weighted by Crippen LogP contribution is -2.62. The zero-order valence-corrected chi connectivity index (χ0v) is 20.3. The van der Waals surface area contributed by atoms with Crippen LogP contribution >= 0.6 is 0 Å². The highest BCUT2D eigenvalue weighted by Gasteiger charge is 2.49. The number of aryl methyl sites for hydroxylation is 1. The molecule has 186 valence electrons. The SMILES string of the molecule is CCn1c(=O)oc2cc(NC(=O)CN3CC[C@@]4(CCCN4CCc4ccccc4)[C@@H](O)C3)ccc21. The fraction of sp³-hybridized carbons (Fsp3) is 0.481. The van der Waals surface area contributed by atoms with Gasteiger partial charge in [0.1, 0.15) is 0 Å². The molecule has 8 heteroatoms. The summed E-state index contributed by atoms with van der Waals surface area (Å²) >= 11 is 0. The molecule has 2 atom stereocenters. The topological polar surface area (TPSA) is 91.0 Å². The Morgan fingerprint density at radius 3 is 2.77 bits per heavy atom. The number of oxazole rings is 1. The summed E-state index contributed by atoms with van der Waals surface area (Å²) in [6.07, 6.45) is 3.46. The number of amides is 1. The van der Waals surface area contributed by atoms with Gasteiger partial charge in [-0.25, -0.2) is 4.79 Å². The first kappa shape index (κ1) is 23.8. The predicted molar refractivity (Wildman–Crippen MR) is 136 cm³/mol. The third-order valence-corrected chi connectivity index (χ3v) is 7.73. The van der Waals surface area contributed by atoms with Crippen LogP contribution in [0.2, 0.25) is 0 Å². The number of likely N-dealkylation sites (tertiary alicyclic amines) is 2. The van der Waals surface area contributed by atoms with Gasteiger partial charge in [0.2, 0.25) is 5.91 Å². The van der Waals surface area contributed by atoms with Crippen molar-refractivity contribution in [3.8, 4) is 0 Å². The summed E-state index contributed by atoms with van der Waals surface area (Å²) in [5, 5.41) is 14.1. The molecule has 0 aliphatic carbocycles. The quantitative estimate of drug-likeness (QED) is 0.543. The molecule has 3 aromatic rings. The summed E-state index contributed by atoms with van der Waals surface area (Å²) in [6.45, 7) is 5.86. The lowest BCUT2D eigenvalue weighted by molar-refractivity contribution is -0.120. The maximum Gasteiger partial charge on any atom is 0.419 e. The van der Waals surface area contributed by atoms with Crippen molar-refractivity contribution in [2.45, 2.75) is 50.8 Å². The third-order valence-electron chi connectivity index (χ3n) is 7.73. The van der Waals surface area contributed by atoms with E-state index in [1.54, 1.807) is 22.8 Å². The van der Waals surface area contributed by atoms with Gasteiger partial charge in [0.05, 0.1) is 18.2 Å². The molecule has 8 nitrogen and oxygen atoms in total. The molecule has 35 heavy (non-hydrogen) atoms. The molecule has 1 amide bonds. The fourth-order valence-corrected chi connectivity index (χ4v) is 5.88. The second-order valence-corrected chi connectivity index (χ2v) is 9.77. The van der Waals surface area contributed by atoms with Crippen LogP contribution in [0.1, 0.15) is 31.7 Å². The highest BCUT2D eigenvalue weighted by molar-refractivity contribution is 5.94. The number of piperidine rings is 1. The molecule has 2 fully saturated rings. The van der Waals surface area contributed by atoms with Gasteiger partial charge in [-0.3, -0.25) is 19.2 Å². The van der Waals surface area contributed by atoms with Crippen molar-refractivity contribution in [1.29, 1.82) is 0 Å². The van der Waals surface area contributed by atoms with Crippen LogP contribution in [-0.4, -0.2) is 69.7 Å². The highest BCUT2D eigenvalue weighted by Crippen LogP contribution is 2.38. The number of carbonyl (C=O) groups excluding carboxylic acids is 1. The predicted octanol–water partition coefficient (Wildman–Crippen LogP) is 2.70. The van der Waals surface area contributed by atoms with E-state index >= 15 is 0 Å². The van der Waals surface area contributed by atoms with Gasteiger partial charge in [0.25, 0.3) is 0 Å². The Morgan fingerprint density at radius 2 is 2.00 bits per heavy atom. The number of benzene rings is 2. The van der Waals surface area contributed by atoms with Crippen molar-refractivity contribution in [3.05, 3.63) is 64.6 Å². The molecule has 3 heterocycles. The van der Waals surface area contributed by atoms with Crippen LogP contribution in [-0.2, 0) is 17.8 Å². The van der Waals surface area contributed by atoms with Crippen molar-refractivity contribution in [3.63, 3.8) is 0 Å². The van der Waals surface area contributed by atoms with Crippen LogP contribution in [0.5, 0.6) is 0 Å². The van der Waals surface area contributed by atoms with Gasteiger partial charge in [-0.15, -0.1) is 0 Å². The van der Waals surface area contributed by atoms with Gasteiger partial charge in [-0.05, 0) is 56.8 Å². The summed E-state index contributed by atoms with van der Waals surface area (Å²) in [6, 6.07) is 15.8. The van der Waals surface area contributed by atoms with E-state index in [1.165, 1.54) is 5.56 Å². The minimum absolute atomic E-state index is 0.142. The number of β-amino-alcohol motifs (C(OH)–C–C–N with tert-alkyl or cyclic N) is 1. The van der Waals surface area contributed by atoms with Crippen molar-refractivity contribution >= 4 is 22.7 Å². The second kappa shape index (κ2) is 9.97. The Balaban J connectivity index is 1.17. The smallest absolute Gasteiger partial charge is 0.408 e. The molecule has 2 aromatic carbocycles. The normalized spacial score (nSPS) is 23.3. The van der Waals surface area contributed by atoms with Crippen molar-refractivity contribution in [2.75, 3.05) is 38.0 Å². The number of hydrogen-bond acceptors (Lipinski definition) is 6. The number of nitrogens with one attached hydrogen (secondary N) is 1. The molecule has 1 spiro atoms. The molecule has 0 radical (unpaired) electrons. The van der Waals surface area contributed by atoms with Gasteiger partial charge in [-0.2, -0.15) is 0 Å². The van der Waals surface area contributed by atoms with E-state index in [-0.39, 0.29) is 18.0 Å². The largest absolute Gasteiger partial charge is 0.419 e. The summed E-state index contributed by atoms with van der Waals surface area (Å²) < 4.78 is 6.85. The third kappa shape index (κ3) is 4.78. The van der Waals surface area contributed by atoms with Gasteiger partial charge in [0.15, 0.2) is 5.58 Å². The van der Waals surface area contributed by atoms with Gasteiger partial charge >= 0.3 is 5.76 Å². The van der Waals surface area contributed by atoms with E-state index in [9.17, 15) is 14.7 Å². The molecule has 2 saturated heterocycles. The van der Waals surface area contributed by atoms with E-state index in [1.807, 2.05) is 17.9 Å². The molecule has 2 aliphatic heterocycles. The van der Waals surface area contributed by atoms with E-state index in [0.29, 0.717) is 29.9 Å². The molecule has 1 aromatic heterocycles. The molecular weight excluding hydrogens is 444 g/mol. The molecule has 2 aliphatic rings. The van der Waals surface area contributed by atoms with E-state index in [4.69, 9.17) is 4.42 Å². The zero-order valence-electron chi connectivity index (χ0n) is 20.3. The van der Waals surface area contributed by atoms with Crippen molar-refractivity contribution in [2.24, 2.45) is 0 Å². The average Bonchev–Trinajstić information content (AvgIpc) is 3.40. The first-order valence-electron chi connectivity index (χ1n) is 12.6. The summed E-state index contributed by atoms with van der Waals surface area (Å²) in [5.41, 5.74) is 2.91. The molecule has 0 unspecified atom stereocenters. The average molecular weight is 479 g/mol. The Labute approximate surface area is 205 Å². The lowest BCUT2D eigenvalue weighted by Gasteiger charge is -2.48. The van der Waals surface area contributed by atoms with Crippen LogP contribution in [0.4, 0.5) is 5.69 Å². The van der Waals surface area contributed by atoms with Gasteiger partial charge < -0.3 is 14.8 Å². The monoisotopic (exact) mass is 478 g/mol. The summed E-state index contributed by atoms with van der Waals surface area (Å²) in [7, 11) is 0. The minimum atomic E-state index is -0.484. The minimum Gasteiger partial charge on any atom is -0.408 e.